The van der Waals surface area contributed by atoms with Gasteiger partial charge in [0.1, 0.15) is 0 Å². The number of likely N-dealkylation sites (tertiary alicyclic amines) is 1. The van der Waals surface area contributed by atoms with Crippen molar-refractivity contribution in [3.8, 4) is 0 Å². The molecule has 31 heavy (non-hydrogen) atoms. The molecule has 0 unspecified atom stereocenters. The predicted molar refractivity (Wildman–Crippen MR) is 129 cm³/mol. The Kier molecular flexibility index (Phi) is 6.69. The second-order valence-corrected chi connectivity index (χ2v) is 11.0. The lowest BCUT2D eigenvalue weighted by molar-refractivity contribution is -0.125. The minimum absolute atomic E-state index is 0.247. The fourth-order valence-corrected chi connectivity index (χ4v) is 7.09. The molecule has 2 aliphatic heterocycles. The van der Waals surface area contributed by atoms with E-state index in [1.54, 1.807) is 0 Å². The maximum Gasteiger partial charge on any atom is 0.237 e. The normalized spacial score (nSPS) is 26.1. The van der Waals surface area contributed by atoms with E-state index in [1.165, 1.54) is 94.8 Å². The molecule has 0 radical (unpaired) electrons. The van der Waals surface area contributed by atoms with Crippen molar-refractivity contribution >= 4 is 11.6 Å². The van der Waals surface area contributed by atoms with Crippen molar-refractivity contribution in [3.63, 3.8) is 0 Å². The molecule has 0 N–H and O–H groups in total. The molecule has 4 aliphatic rings. The zero-order chi connectivity index (χ0) is 21.1. The molecule has 2 aliphatic carbocycles. The number of carbonyl (C=O) groups excluding carboxylic acids is 1. The van der Waals surface area contributed by atoms with Gasteiger partial charge in [-0.1, -0.05) is 69.6 Å². The number of hydrogen-bond acceptors (Lipinski definition) is 2. The number of anilines is 1. The Morgan fingerprint density at radius 3 is 1.97 bits per heavy atom. The number of hydrogen-bond donors (Lipinski definition) is 0. The first-order chi connectivity index (χ1) is 15.3. The summed E-state index contributed by atoms with van der Waals surface area (Å²) in [5.74, 6) is 1.99. The van der Waals surface area contributed by atoms with Crippen LogP contribution in [0, 0.1) is 11.8 Å². The molecular weight excluding hydrogens is 380 g/mol. The number of fused-ring (bicyclic) bond motifs is 2. The van der Waals surface area contributed by atoms with Crippen LogP contribution >= 0.6 is 0 Å². The molecule has 3 fully saturated rings. The van der Waals surface area contributed by atoms with Crippen LogP contribution in [-0.4, -0.2) is 37.0 Å². The lowest BCUT2D eigenvalue weighted by Gasteiger charge is -2.40. The van der Waals surface area contributed by atoms with E-state index in [9.17, 15) is 4.79 Å². The van der Waals surface area contributed by atoms with Crippen LogP contribution in [0.3, 0.4) is 0 Å². The number of rotatable bonds is 4. The third-order valence-corrected chi connectivity index (χ3v) is 8.98. The van der Waals surface area contributed by atoms with Gasteiger partial charge in [-0.3, -0.25) is 4.79 Å². The molecule has 1 aromatic rings. The third kappa shape index (κ3) is 4.45. The van der Waals surface area contributed by atoms with Crippen LogP contribution in [0.2, 0.25) is 0 Å². The smallest absolute Gasteiger partial charge is 0.237 e. The summed E-state index contributed by atoms with van der Waals surface area (Å²) < 4.78 is 0. The van der Waals surface area contributed by atoms with Gasteiger partial charge in [0.05, 0.1) is 5.41 Å². The van der Waals surface area contributed by atoms with Gasteiger partial charge in [-0.25, -0.2) is 0 Å². The van der Waals surface area contributed by atoms with Crippen LogP contribution < -0.4 is 4.90 Å². The molecule has 1 aromatic carbocycles. The van der Waals surface area contributed by atoms with E-state index in [4.69, 9.17) is 0 Å². The van der Waals surface area contributed by atoms with E-state index in [0.717, 1.165) is 38.4 Å². The number of amides is 1. The first-order valence-electron chi connectivity index (χ1n) is 13.4. The van der Waals surface area contributed by atoms with Gasteiger partial charge in [-0.15, -0.1) is 0 Å². The van der Waals surface area contributed by atoms with Gasteiger partial charge in [-0.2, -0.15) is 0 Å². The van der Waals surface area contributed by atoms with Crippen LogP contribution in [0.15, 0.2) is 24.3 Å². The minimum atomic E-state index is -0.247. The average Bonchev–Trinajstić information content (AvgIpc) is 3.01. The molecule has 2 heterocycles. The molecule has 3 heteroatoms. The topological polar surface area (TPSA) is 23.6 Å². The van der Waals surface area contributed by atoms with E-state index in [1.807, 2.05) is 0 Å². The second-order valence-electron chi connectivity index (χ2n) is 11.0. The molecule has 5 rings (SSSR count). The van der Waals surface area contributed by atoms with Crippen molar-refractivity contribution in [3.05, 3.63) is 29.8 Å². The molecule has 1 saturated heterocycles. The van der Waals surface area contributed by atoms with Crippen LogP contribution in [0.1, 0.15) is 95.5 Å². The van der Waals surface area contributed by atoms with Crippen molar-refractivity contribution in [1.29, 1.82) is 0 Å². The summed E-state index contributed by atoms with van der Waals surface area (Å²) in [6.07, 6.45) is 18.7. The maximum absolute atomic E-state index is 13.9. The maximum atomic E-state index is 13.9. The van der Waals surface area contributed by atoms with Gasteiger partial charge in [-0.05, 0) is 75.1 Å². The lowest BCUT2D eigenvalue weighted by atomic mass is 9.73. The standard InChI is InChI=1S/C28H42N2O/c31-27-28(17-19-29(20-18-28)21-23-11-5-2-1-3-6-12-23)25-15-9-10-16-26(25)30(27)22-24-13-7-4-8-14-24/h9-10,15-16,23-24H,1-8,11-14,17-22H2. The number of benzene rings is 1. The number of para-hydroxylation sites is 1. The van der Waals surface area contributed by atoms with E-state index in [2.05, 4.69) is 34.1 Å². The highest BCUT2D eigenvalue weighted by Crippen LogP contribution is 2.48. The summed E-state index contributed by atoms with van der Waals surface area (Å²) in [6.45, 7) is 4.39. The van der Waals surface area contributed by atoms with Crippen molar-refractivity contribution < 1.29 is 4.79 Å². The quantitative estimate of drug-likeness (QED) is 0.568. The van der Waals surface area contributed by atoms with Gasteiger partial charge in [0.25, 0.3) is 0 Å². The molecule has 170 valence electrons. The number of nitrogens with zero attached hydrogens (tertiary/aromatic N) is 2. The zero-order valence-electron chi connectivity index (χ0n) is 19.5. The highest BCUT2D eigenvalue weighted by atomic mass is 16.2. The summed E-state index contributed by atoms with van der Waals surface area (Å²) >= 11 is 0. The van der Waals surface area contributed by atoms with Crippen LogP contribution in [0.4, 0.5) is 5.69 Å². The molecule has 1 spiro atoms. The predicted octanol–water partition coefficient (Wildman–Crippen LogP) is 6.31. The van der Waals surface area contributed by atoms with Crippen molar-refractivity contribution in [1.82, 2.24) is 4.90 Å². The van der Waals surface area contributed by atoms with Crippen LogP contribution in [-0.2, 0) is 10.2 Å². The molecule has 3 nitrogen and oxygen atoms in total. The highest BCUT2D eigenvalue weighted by Gasteiger charge is 2.52. The molecule has 0 aromatic heterocycles. The van der Waals surface area contributed by atoms with Gasteiger partial charge in [0, 0.05) is 18.8 Å². The third-order valence-electron chi connectivity index (χ3n) is 8.98. The number of piperidine rings is 1. The van der Waals surface area contributed by atoms with Gasteiger partial charge >= 0.3 is 0 Å². The highest BCUT2D eigenvalue weighted by molar-refractivity contribution is 6.08. The van der Waals surface area contributed by atoms with Crippen LogP contribution in [0.5, 0.6) is 0 Å². The van der Waals surface area contributed by atoms with E-state index in [-0.39, 0.29) is 5.41 Å². The fraction of sp³-hybridized carbons (Fsp3) is 0.750. The van der Waals surface area contributed by atoms with Crippen molar-refractivity contribution in [2.24, 2.45) is 11.8 Å². The van der Waals surface area contributed by atoms with Gasteiger partial charge < -0.3 is 9.80 Å². The summed E-state index contributed by atoms with van der Waals surface area (Å²) in [7, 11) is 0. The van der Waals surface area contributed by atoms with E-state index >= 15 is 0 Å². The Morgan fingerprint density at radius 1 is 0.742 bits per heavy atom. The van der Waals surface area contributed by atoms with Crippen LogP contribution in [0.25, 0.3) is 0 Å². The Bertz CT molecular complexity index is 737. The molecule has 1 amide bonds. The minimum Gasteiger partial charge on any atom is -0.311 e. The van der Waals surface area contributed by atoms with Crippen molar-refractivity contribution in [2.45, 2.75) is 95.3 Å². The van der Waals surface area contributed by atoms with E-state index in [0.29, 0.717) is 11.8 Å². The second kappa shape index (κ2) is 9.65. The Morgan fingerprint density at radius 2 is 1.29 bits per heavy atom. The zero-order valence-corrected chi connectivity index (χ0v) is 19.5. The van der Waals surface area contributed by atoms with Gasteiger partial charge in [0.2, 0.25) is 5.91 Å². The van der Waals surface area contributed by atoms with Gasteiger partial charge in [0.15, 0.2) is 0 Å². The molecule has 2 saturated carbocycles. The van der Waals surface area contributed by atoms with E-state index < -0.39 is 0 Å². The lowest BCUT2D eigenvalue weighted by Crippen LogP contribution is -2.50. The first kappa shape index (κ1) is 21.5. The summed E-state index contributed by atoms with van der Waals surface area (Å²) in [4.78, 5) is 18.8. The molecule has 0 bridgehead atoms. The molecular formula is C28H42N2O. The molecule has 0 atom stereocenters. The monoisotopic (exact) mass is 422 g/mol. The fourth-order valence-electron chi connectivity index (χ4n) is 7.09. The summed E-state index contributed by atoms with van der Waals surface area (Å²) in [5.41, 5.74) is 2.32. The first-order valence-corrected chi connectivity index (χ1v) is 13.4. The SMILES string of the molecule is O=C1N(CC2CCCCC2)c2ccccc2C12CCN(CC1CCCCCCC1)CC2. The Balaban J connectivity index is 1.27. The summed E-state index contributed by atoms with van der Waals surface area (Å²) in [6, 6.07) is 8.76. The summed E-state index contributed by atoms with van der Waals surface area (Å²) in [5, 5.41) is 0. The largest absolute Gasteiger partial charge is 0.311 e. The average molecular weight is 423 g/mol. The Hall–Kier alpha value is -1.35. The number of carbonyl (C=O) groups is 1. The Labute approximate surface area is 189 Å². The van der Waals surface area contributed by atoms with Crippen molar-refractivity contribution in [2.75, 3.05) is 31.1 Å².